The summed E-state index contributed by atoms with van der Waals surface area (Å²) in [5.41, 5.74) is 8.83. The van der Waals surface area contributed by atoms with E-state index in [1.165, 1.54) is 11.1 Å². The Morgan fingerprint density at radius 3 is 2.83 bits per heavy atom. The molecule has 1 aliphatic rings. The molecule has 3 heteroatoms. The molecular formula is C15H23N3. The van der Waals surface area contributed by atoms with Crippen molar-refractivity contribution >= 4 is 5.96 Å². The zero-order valence-electron chi connectivity index (χ0n) is 11.3. The summed E-state index contributed by atoms with van der Waals surface area (Å²) in [5.74, 6) is 1.14. The van der Waals surface area contributed by atoms with Crippen LogP contribution >= 0.6 is 0 Å². The summed E-state index contributed by atoms with van der Waals surface area (Å²) >= 11 is 0. The number of benzene rings is 1. The largest absolute Gasteiger partial charge is 0.370 e. The first kappa shape index (κ1) is 12.9. The molecule has 3 nitrogen and oxygen atoms in total. The molecule has 1 aliphatic carbocycles. The van der Waals surface area contributed by atoms with Gasteiger partial charge in [0.25, 0.3) is 0 Å². The molecule has 0 radical (unpaired) electrons. The molecule has 0 aliphatic heterocycles. The average molecular weight is 245 g/mol. The maximum Gasteiger partial charge on any atom is 0.188 e. The zero-order valence-corrected chi connectivity index (χ0v) is 11.3. The predicted octanol–water partition coefficient (Wildman–Crippen LogP) is 2.10. The average Bonchev–Trinajstić information content (AvgIpc) is 2.36. The summed E-state index contributed by atoms with van der Waals surface area (Å²) in [6, 6.07) is 9.09. The van der Waals surface area contributed by atoms with E-state index in [1.54, 1.807) is 0 Å². The number of aryl methyl sites for hydroxylation is 1. The minimum absolute atomic E-state index is 0.427. The summed E-state index contributed by atoms with van der Waals surface area (Å²) in [6.07, 6.45) is 3.31. The first-order chi connectivity index (χ1) is 8.65. The van der Waals surface area contributed by atoms with Gasteiger partial charge in [0.15, 0.2) is 5.96 Å². The highest BCUT2D eigenvalue weighted by Crippen LogP contribution is 2.20. The van der Waals surface area contributed by atoms with Gasteiger partial charge in [0, 0.05) is 12.6 Å². The van der Waals surface area contributed by atoms with Crippen molar-refractivity contribution in [2.75, 3.05) is 6.54 Å². The van der Waals surface area contributed by atoms with Gasteiger partial charge in [-0.15, -0.1) is 0 Å². The minimum Gasteiger partial charge on any atom is -0.370 e. The number of guanidine groups is 1. The fraction of sp³-hybridized carbons (Fsp3) is 0.533. The maximum absolute atomic E-state index is 5.91. The molecule has 1 aromatic rings. The van der Waals surface area contributed by atoms with Gasteiger partial charge in [0.2, 0.25) is 0 Å². The lowest BCUT2D eigenvalue weighted by atomic mass is 9.88. The van der Waals surface area contributed by atoms with E-state index in [-0.39, 0.29) is 0 Å². The van der Waals surface area contributed by atoms with Gasteiger partial charge in [-0.3, -0.25) is 4.99 Å². The van der Waals surface area contributed by atoms with E-state index in [4.69, 9.17) is 5.73 Å². The summed E-state index contributed by atoms with van der Waals surface area (Å²) in [6.45, 7) is 5.09. The van der Waals surface area contributed by atoms with E-state index in [1.807, 2.05) is 0 Å². The van der Waals surface area contributed by atoms with Crippen molar-refractivity contribution in [3.63, 3.8) is 0 Å². The van der Waals surface area contributed by atoms with Gasteiger partial charge in [-0.1, -0.05) is 38.1 Å². The van der Waals surface area contributed by atoms with Gasteiger partial charge in [-0.2, -0.15) is 0 Å². The third-order valence-electron chi connectivity index (χ3n) is 3.33. The number of fused-ring (bicyclic) bond motifs is 1. The number of nitrogens with two attached hydrogens (primary N) is 1. The van der Waals surface area contributed by atoms with Crippen molar-refractivity contribution in [1.29, 1.82) is 0 Å². The Morgan fingerprint density at radius 1 is 1.39 bits per heavy atom. The molecule has 0 spiro atoms. The number of rotatable bonds is 3. The third kappa shape index (κ3) is 3.49. The van der Waals surface area contributed by atoms with Crippen LogP contribution in [0, 0.1) is 5.92 Å². The molecule has 1 aromatic carbocycles. The van der Waals surface area contributed by atoms with Crippen molar-refractivity contribution in [2.24, 2.45) is 16.6 Å². The van der Waals surface area contributed by atoms with Crippen LogP contribution in [-0.2, 0) is 12.8 Å². The minimum atomic E-state index is 0.427. The van der Waals surface area contributed by atoms with Crippen LogP contribution in [-0.4, -0.2) is 18.5 Å². The van der Waals surface area contributed by atoms with E-state index in [9.17, 15) is 0 Å². The van der Waals surface area contributed by atoms with Gasteiger partial charge >= 0.3 is 0 Å². The molecule has 0 fully saturated rings. The van der Waals surface area contributed by atoms with Crippen LogP contribution in [0.2, 0.25) is 0 Å². The van der Waals surface area contributed by atoms with Crippen LogP contribution in [0.25, 0.3) is 0 Å². The molecule has 98 valence electrons. The number of aliphatic imine (C=N–C) groups is 1. The standard InChI is InChI=1S/C15H23N3/c1-11(2)10-17-15(16)18-14-8-7-12-5-3-4-6-13(12)9-14/h3-6,11,14H,7-10H2,1-2H3,(H3,16,17,18). The summed E-state index contributed by atoms with van der Waals surface area (Å²) < 4.78 is 0. The van der Waals surface area contributed by atoms with Gasteiger partial charge in [0.1, 0.15) is 0 Å². The highest BCUT2D eigenvalue weighted by molar-refractivity contribution is 5.78. The van der Waals surface area contributed by atoms with E-state index < -0.39 is 0 Å². The number of nitrogens with one attached hydrogen (secondary N) is 1. The Balaban J connectivity index is 1.91. The Morgan fingerprint density at radius 2 is 2.11 bits per heavy atom. The third-order valence-corrected chi connectivity index (χ3v) is 3.33. The van der Waals surface area contributed by atoms with E-state index in [0.29, 0.717) is 17.9 Å². The summed E-state index contributed by atoms with van der Waals surface area (Å²) in [7, 11) is 0. The number of nitrogens with zero attached hydrogens (tertiary/aromatic N) is 1. The van der Waals surface area contributed by atoms with Crippen LogP contribution < -0.4 is 11.1 Å². The van der Waals surface area contributed by atoms with Crippen LogP contribution in [0.5, 0.6) is 0 Å². The summed E-state index contributed by atoms with van der Waals surface area (Å²) in [4.78, 5) is 4.36. The van der Waals surface area contributed by atoms with E-state index in [2.05, 4.69) is 48.4 Å². The second-order valence-corrected chi connectivity index (χ2v) is 5.47. The van der Waals surface area contributed by atoms with Gasteiger partial charge in [-0.05, 0) is 36.3 Å². The van der Waals surface area contributed by atoms with Gasteiger partial charge in [-0.25, -0.2) is 0 Å². The Bertz CT molecular complexity index is 424. The Kier molecular flexibility index (Phi) is 4.24. The quantitative estimate of drug-likeness (QED) is 0.633. The normalized spacial score (nSPS) is 19.7. The van der Waals surface area contributed by atoms with Crippen LogP contribution in [0.1, 0.15) is 31.4 Å². The fourth-order valence-electron chi connectivity index (χ4n) is 2.36. The van der Waals surface area contributed by atoms with Crippen molar-refractivity contribution in [1.82, 2.24) is 5.32 Å². The molecule has 0 heterocycles. The van der Waals surface area contributed by atoms with Crippen LogP contribution in [0.4, 0.5) is 0 Å². The SMILES string of the molecule is CC(C)CN=C(N)NC1CCc2ccccc2C1. The lowest BCUT2D eigenvalue weighted by Crippen LogP contribution is -2.43. The molecule has 18 heavy (non-hydrogen) atoms. The lowest BCUT2D eigenvalue weighted by molar-refractivity contribution is 0.524. The number of hydrogen-bond acceptors (Lipinski definition) is 1. The van der Waals surface area contributed by atoms with E-state index >= 15 is 0 Å². The van der Waals surface area contributed by atoms with E-state index in [0.717, 1.165) is 25.8 Å². The monoisotopic (exact) mass is 245 g/mol. The van der Waals surface area contributed by atoms with Crippen molar-refractivity contribution in [3.05, 3.63) is 35.4 Å². The molecule has 0 aromatic heterocycles. The second kappa shape index (κ2) is 5.89. The van der Waals surface area contributed by atoms with Gasteiger partial charge < -0.3 is 11.1 Å². The first-order valence-corrected chi connectivity index (χ1v) is 6.78. The molecule has 2 rings (SSSR count). The molecular weight excluding hydrogens is 222 g/mol. The molecule has 0 saturated heterocycles. The lowest BCUT2D eigenvalue weighted by Gasteiger charge is -2.25. The molecule has 3 N–H and O–H groups in total. The fourth-order valence-corrected chi connectivity index (χ4v) is 2.36. The number of hydrogen-bond donors (Lipinski definition) is 2. The van der Waals surface area contributed by atoms with Crippen LogP contribution in [0.3, 0.4) is 0 Å². The molecule has 0 amide bonds. The smallest absolute Gasteiger partial charge is 0.188 e. The highest BCUT2D eigenvalue weighted by Gasteiger charge is 2.18. The molecule has 1 atom stereocenters. The Labute approximate surface area is 109 Å². The first-order valence-electron chi connectivity index (χ1n) is 6.78. The zero-order chi connectivity index (χ0) is 13.0. The highest BCUT2D eigenvalue weighted by atomic mass is 15.1. The van der Waals surface area contributed by atoms with Crippen molar-refractivity contribution in [3.8, 4) is 0 Å². The Hall–Kier alpha value is -1.51. The van der Waals surface area contributed by atoms with Crippen molar-refractivity contribution < 1.29 is 0 Å². The predicted molar refractivity (Wildman–Crippen MR) is 76.7 cm³/mol. The summed E-state index contributed by atoms with van der Waals surface area (Å²) in [5, 5.41) is 3.34. The molecule has 0 saturated carbocycles. The van der Waals surface area contributed by atoms with Crippen molar-refractivity contribution in [2.45, 2.75) is 39.2 Å². The topological polar surface area (TPSA) is 50.4 Å². The van der Waals surface area contributed by atoms with Gasteiger partial charge in [0.05, 0.1) is 0 Å². The molecule has 0 bridgehead atoms. The second-order valence-electron chi connectivity index (χ2n) is 5.47. The van der Waals surface area contributed by atoms with Crippen LogP contribution in [0.15, 0.2) is 29.3 Å². The maximum atomic E-state index is 5.91. The molecule has 1 unspecified atom stereocenters.